The number of rotatable bonds is 6. The van der Waals surface area contributed by atoms with Gasteiger partial charge in [-0.3, -0.25) is 0 Å². The summed E-state index contributed by atoms with van der Waals surface area (Å²) < 4.78 is 0. The van der Waals surface area contributed by atoms with E-state index in [4.69, 9.17) is 0 Å². The Morgan fingerprint density at radius 2 is 1.04 bits per heavy atom. The van der Waals surface area contributed by atoms with Gasteiger partial charge in [0.2, 0.25) is 0 Å². The molecule has 0 saturated carbocycles. The zero-order chi connectivity index (χ0) is 18.5. The molecule has 3 aromatic carbocycles. The lowest BCUT2D eigenvalue weighted by Crippen LogP contribution is -2.09. The van der Waals surface area contributed by atoms with Gasteiger partial charge in [-0.2, -0.15) is 0 Å². The van der Waals surface area contributed by atoms with Gasteiger partial charge in [0.15, 0.2) is 0 Å². The molecule has 26 heavy (non-hydrogen) atoms. The minimum Gasteiger partial charge on any atom is -0.0617 e. The molecule has 0 saturated heterocycles. The Bertz CT molecular complexity index is 770. The molecule has 3 rings (SSSR count). The van der Waals surface area contributed by atoms with E-state index < -0.39 is 0 Å². The summed E-state index contributed by atoms with van der Waals surface area (Å²) in [4.78, 5) is 0. The topological polar surface area (TPSA) is 0 Å². The van der Waals surface area contributed by atoms with Crippen LogP contribution in [-0.4, -0.2) is 0 Å². The van der Waals surface area contributed by atoms with Gasteiger partial charge in [0, 0.05) is 5.92 Å². The van der Waals surface area contributed by atoms with Crippen molar-refractivity contribution in [1.29, 1.82) is 0 Å². The molecule has 0 fully saturated rings. The molecule has 3 aromatic rings. The third-order valence-electron chi connectivity index (χ3n) is 5.50. The van der Waals surface area contributed by atoms with E-state index in [1.807, 2.05) is 0 Å². The Hall–Kier alpha value is -2.34. The van der Waals surface area contributed by atoms with Crippen molar-refractivity contribution in [3.63, 3.8) is 0 Å². The summed E-state index contributed by atoms with van der Waals surface area (Å²) in [6, 6.07) is 25.0. The molecule has 0 heterocycles. The quantitative estimate of drug-likeness (QED) is 0.462. The van der Waals surface area contributed by atoms with E-state index in [2.05, 4.69) is 94.4 Å². The molecule has 0 aliphatic rings. The van der Waals surface area contributed by atoms with Crippen molar-refractivity contribution >= 4 is 0 Å². The van der Waals surface area contributed by atoms with Gasteiger partial charge in [0.25, 0.3) is 0 Å². The van der Waals surface area contributed by atoms with E-state index in [0.29, 0.717) is 5.92 Å². The van der Waals surface area contributed by atoms with Crippen LogP contribution in [0.25, 0.3) is 0 Å². The summed E-state index contributed by atoms with van der Waals surface area (Å²) in [5.41, 5.74) is 9.99. The predicted octanol–water partition coefficient (Wildman–Crippen LogP) is 6.80. The van der Waals surface area contributed by atoms with Crippen molar-refractivity contribution in [3.05, 3.63) is 106 Å². The maximum absolute atomic E-state index is 2.31. The minimum absolute atomic E-state index is 0.397. The first kappa shape index (κ1) is 18.5. The molecule has 0 unspecified atom stereocenters. The molecule has 0 aliphatic carbocycles. The third-order valence-corrected chi connectivity index (χ3v) is 5.50. The first-order chi connectivity index (χ1) is 12.6. The fourth-order valence-corrected chi connectivity index (χ4v) is 3.84. The van der Waals surface area contributed by atoms with Gasteiger partial charge in [-0.15, -0.1) is 0 Å². The van der Waals surface area contributed by atoms with E-state index in [1.54, 1.807) is 5.56 Å². The van der Waals surface area contributed by atoms with Crippen LogP contribution in [0.1, 0.15) is 58.7 Å². The van der Waals surface area contributed by atoms with Gasteiger partial charge < -0.3 is 0 Å². The highest BCUT2D eigenvalue weighted by atomic mass is 14.2. The minimum atomic E-state index is 0.397. The van der Waals surface area contributed by atoms with Crippen LogP contribution in [0.15, 0.2) is 66.7 Å². The molecule has 0 N–H and O–H groups in total. The maximum Gasteiger partial charge on any atom is 0.0130 e. The SMILES string of the molecule is CCc1cccc(CC)c1CC(c1ccc(C)cc1)c1ccc(C)cc1. The molecular formula is C26H30. The summed E-state index contributed by atoms with van der Waals surface area (Å²) in [5.74, 6) is 0.397. The number of benzene rings is 3. The Balaban J connectivity index is 2.07. The van der Waals surface area contributed by atoms with Gasteiger partial charge in [0.1, 0.15) is 0 Å². The van der Waals surface area contributed by atoms with E-state index in [0.717, 1.165) is 19.3 Å². The van der Waals surface area contributed by atoms with Crippen LogP contribution < -0.4 is 0 Å². The first-order valence-electron chi connectivity index (χ1n) is 9.85. The number of hydrogen-bond donors (Lipinski definition) is 0. The molecule has 0 aliphatic heterocycles. The molecule has 0 heteroatoms. The zero-order valence-electron chi connectivity index (χ0n) is 16.5. The van der Waals surface area contributed by atoms with Crippen molar-refractivity contribution in [2.75, 3.05) is 0 Å². The smallest absolute Gasteiger partial charge is 0.0130 e. The van der Waals surface area contributed by atoms with Crippen LogP contribution in [0, 0.1) is 13.8 Å². The average Bonchev–Trinajstić information content (AvgIpc) is 2.67. The van der Waals surface area contributed by atoms with Crippen molar-refractivity contribution in [2.45, 2.75) is 52.9 Å². The third kappa shape index (κ3) is 4.07. The number of hydrogen-bond acceptors (Lipinski definition) is 0. The standard InChI is InChI=1S/C26H30/c1-5-21-8-7-9-22(6-2)25(21)18-26(23-14-10-19(3)11-15-23)24-16-12-20(4)13-17-24/h7-17,26H,5-6,18H2,1-4H3. The largest absolute Gasteiger partial charge is 0.0617 e. The Labute approximate surface area is 158 Å². The fraction of sp³-hybridized carbons (Fsp3) is 0.308. The van der Waals surface area contributed by atoms with E-state index in [9.17, 15) is 0 Å². The lowest BCUT2D eigenvalue weighted by molar-refractivity contribution is 0.784. The van der Waals surface area contributed by atoms with Crippen LogP contribution >= 0.6 is 0 Å². The summed E-state index contributed by atoms with van der Waals surface area (Å²) in [6.45, 7) is 8.86. The van der Waals surface area contributed by atoms with Crippen LogP contribution in [-0.2, 0) is 19.3 Å². The van der Waals surface area contributed by atoms with Crippen LogP contribution in [0.4, 0.5) is 0 Å². The summed E-state index contributed by atoms with van der Waals surface area (Å²) in [6.07, 6.45) is 3.26. The Morgan fingerprint density at radius 3 is 1.42 bits per heavy atom. The highest BCUT2D eigenvalue weighted by Gasteiger charge is 2.18. The molecule has 134 valence electrons. The molecule has 0 amide bonds. The van der Waals surface area contributed by atoms with E-state index in [-0.39, 0.29) is 0 Å². The normalized spacial score (nSPS) is 11.1. The average molecular weight is 343 g/mol. The zero-order valence-corrected chi connectivity index (χ0v) is 16.5. The molecule has 0 bridgehead atoms. The molecule has 0 spiro atoms. The first-order valence-corrected chi connectivity index (χ1v) is 9.85. The van der Waals surface area contributed by atoms with Crippen LogP contribution in [0.5, 0.6) is 0 Å². The van der Waals surface area contributed by atoms with Gasteiger partial charge in [-0.1, -0.05) is 91.7 Å². The van der Waals surface area contributed by atoms with Gasteiger partial charge >= 0.3 is 0 Å². The number of aryl methyl sites for hydroxylation is 4. The van der Waals surface area contributed by atoms with Crippen molar-refractivity contribution in [3.8, 4) is 0 Å². The summed E-state index contributed by atoms with van der Waals surface area (Å²) >= 11 is 0. The molecule has 0 aromatic heterocycles. The Kier molecular flexibility index (Phi) is 5.93. The summed E-state index contributed by atoms with van der Waals surface area (Å²) in [7, 11) is 0. The van der Waals surface area contributed by atoms with E-state index >= 15 is 0 Å². The van der Waals surface area contributed by atoms with Crippen LogP contribution in [0.2, 0.25) is 0 Å². The monoisotopic (exact) mass is 342 g/mol. The van der Waals surface area contributed by atoms with Crippen molar-refractivity contribution in [2.24, 2.45) is 0 Å². The predicted molar refractivity (Wildman–Crippen MR) is 113 cm³/mol. The van der Waals surface area contributed by atoms with E-state index in [1.165, 1.54) is 33.4 Å². The molecule has 0 nitrogen and oxygen atoms in total. The highest BCUT2D eigenvalue weighted by molar-refractivity contribution is 5.42. The maximum atomic E-state index is 2.31. The Morgan fingerprint density at radius 1 is 0.615 bits per heavy atom. The van der Waals surface area contributed by atoms with Gasteiger partial charge in [-0.25, -0.2) is 0 Å². The second-order valence-corrected chi connectivity index (χ2v) is 7.34. The molecular weight excluding hydrogens is 312 g/mol. The second-order valence-electron chi connectivity index (χ2n) is 7.34. The van der Waals surface area contributed by atoms with Gasteiger partial charge in [0.05, 0.1) is 0 Å². The molecule has 0 atom stereocenters. The van der Waals surface area contributed by atoms with Crippen molar-refractivity contribution < 1.29 is 0 Å². The van der Waals surface area contributed by atoms with Gasteiger partial charge in [-0.05, 0) is 60.9 Å². The fourth-order valence-electron chi connectivity index (χ4n) is 3.84. The van der Waals surface area contributed by atoms with Crippen LogP contribution in [0.3, 0.4) is 0 Å². The summed E-state index contributed by atoms with van der Waals surface area (Å²) in [5, 5.41) is 0. The molecule has 0 radical (unpaired) electrons. The lowest BCUT2D eigenvalue weighted by Gasteiger charge is -2.22. The van der Waals surface area contributed by atoms with Crippen molar-refractivity contribution in [1.82, 2.24) is 0 Å². The highest BCUT2D eigenvalue weighted by Crippen LogP contribution is 2.32. The lowest BCUT2D eigenvalue weighted by atomic mass is 9.82. The second kappa shape index (κ2) is 8.36.